The number of esters is 1. The molecule has 120 valence electrons. The molecule has 0 amide bonds. The highest BCUT2D eigenvalue weighted by Crippen LogP contribution is 2.19. The van der Waals surface area contributed by atoms with Crippen molar-refractivity contribution in [2.24, 2.45) is 0 Å². The first kappa shape index (κ1) is 17.2. The van der Waals surface area contributed by atoms with Crippen LogP contribution in [0.15, 0.2) is 72.1 Å². The molecule has 2 rings (SSSR count). The van der Waals surface area contributed by atoms with Gasteiger partial charge in [0.15, 0.2) is 0 Å². The van der Waals surface area contributed by atoms with E-state index in [0.29, 0.717) is 5.56 Å². The molecule has 2 nitrogen and oxygen atoms in total. The van der Waals surface area contributed by atoms with Crippen molar-refractivity contribution in [2.75, 3.05) is 0 Å². The quantitative estimate of drug-likeness (QED) is 0.413. The van der Waals surface area contributed by atoms with Crippen LogP contribution in [0.5, 0.6) is 0 Å². The smallest absolute Gasteiger partial charge is 0.342 e. The summed E-state index contributed by atoms with van der Waals surface area (Å²) in [6, 6.07) is 19.5. The Bertz CT molecular complexity index is 655. The number of ether oxygens (including phenoxy) is 1. The molecule has 3 heteroatoms. The van der Waals surface area contributed by atoms with Gasteiger partial charge in [-0.1, -0.05) is 74.2 Å². The van der Waals surface area contributed by atoms with Crippen LogP contribution in [-0.2, 0) is 11.2 Å². The summed E-state index contributed by atoms with van der Waals surface area (Å²) in [6.45, 7) is 6.58. The van der Waals surface area contributed by atoms with Gasteiger partial charge in [0.2, 0.25) is 0 Å². The number of hydrogen-bond acceptors (Lipinski definition) is 2. The zero-order chi connectivity index (χ0) is 16.7. The minimum absolute atomic E-state index is 0.265. The summed E-state index contributed by atoms with van der Waals surface area (Å²) < 4.78 is 5.72. The number of benzene rings is 2. The van der Waals surface area contributed by atoms with Crippen LogP contribution in [0.3, 0.4) is 0 Å². The summed E-state index contributed by atoms with van der Waals surface area (Å²) >= 11 is 0. The average Bonchev–Trinajstić information content (AvgIpc) is 2.54. The number of carbonyl (C=O) groups excluding carboxylic acids is 1. The fourth-order valence-electron chi connectivity index (χ4n) is 2.25. The summed E-state index contributed by atoms with van der Waals surface area (Å²) in [4.78, 5) is 12.3. The predicted octanol–water partition coefficient (Wildman–Crippen LogP) is 5.24. The van der Waals surface area contributed by atoms with Gasteiger partial charge in [-0.3, -0.25) is 0 Å². The molecule has 2 aromatic rings. The van der Waals surface area contributed by atoms with Crippen molar-refractivity contribution in [3.63, 3.8) is 0 Å². The van der Waals surface area contributed by atoms with Crippen LogP contribution >= 0.6 is 0 Å². The van der Waals surface area contributed by atoms with Gasteiger partial charge in [0.1, 0.15) is 8.07 Å². The minimum Gasteiger partial charge on any atom is -0.433 e. The normalized spacial score (nSPS) is 12.0. The van der Waals surface area contributed by atoms with Crippen LogP contribution in [0, 0.1) is 0 Å². The van der Waals surface area contributed by atoms with E-state index in [4.69, 9.17) is 4.74 Å². The molecule has 0 saturated heterocycles. The molecule has 0 N–H and O–H groups in total. The molecule has 0 aliphatic heterocycles. The molecule has 2 aromatic carbocycles. The first-order chi connectivity index (χ1) is 11.0. The third-order valence-corrected chi connectivity index (χ3v) is 5.34. The van der Waals surface area contributed by atoms with Crippen molar-refractivity contribution in [1.82, 2.24) is 0 Å². The van der Waals surface area contributed by atoms with E-state index in [1.165, 1.54) is 5.56 Å². The standard InChI is InChI=1S/C20H24O2Si/c1-23(2,3)19(16-10-13-17-11-6-4-7-12-17)22-20(21)18-14-8-5-9-15-18/h4-9,11-12,14-16H,10,13H2,1-3H3/b19-16+. The lowest BCUT2D eigenvalue weighted by molar-refractivity contribution is 0.0643. The van der Waals surface area contributed by atoms with E-state index in [1.54, 1.807) is 12.1 Å². The highest BCUT2D eigenvalue weighted by molar-refractivity contribution is 6.82. The second-order valence-corrected chi connectivity index (χ2v) is 11.6. The Balaban J connectivity index is 2.05. The Labute approximate surface area is 139 Å². The van der Waals surface area contributed by atoms with E-state index >= 15 is 0 Å². The Morgan fingerprint density at radius 3 is 2.09 bits per heavy atom. The molecular weight excluding hydrogens is 300 g/mol. The molecule has 0 aliphatic rings. The van der Waals surface area contributed by atoms with Crippen LogP contribution in [0.2, 0.25) is 19.6 Å². The third kappa shape index (κ3) is 5.53. The van der Waals surface area contributed by atoms with Crippen molar-refractivity contribution in [1.29, 1.82) is 0 Å². The first-order valence-electron chi connectivity index (χ1n) is 7.98. The molecule has 0 radical (unpaired) electrons. The van der Waals surface area contributed by atoms with Gasteiger partial charge in [-0.05, 0) is 30.5 Å². The number of allylic oxidation sites excluding steroid dienone is 1. The molecule has 0 aliphatic carbocycles. The van der Waals surface area contributed by atoms with Gasteiger partial charge in [0.05, 0.1) is 10.9 Å². The number of hydrogen-bond donors (Lipinski definition) is 0. The lowest BCUT2D eigenvalue weighted by atomic mass is 10.1. The highest BCUT2D eigenvalue weighted by Gasteiger charge is 2.24. The van der Waals surface area contributed by atoms with E-state index in [9.17, 15) is 4.79 Å². The average molecular weight is 324 g/mol. The van der Waals surface area contributed by atoms with Gasteiger partial charge in [-0.2, -0.15) is 0 Å². The molecule has 0 atom stereocenters. The number of carbonyl (C=O) groups is 1. The Morgan fingerprint density at radius 1 is 0.957 bits per heavy atom. The van der Waals surface area contributed by atoms with Gasteiger partial charge in [0.25, 0.3) is 0 Å². The van der Waals surface area contributed by atoms with Crippen LogP contribution in [0.25, 0.3) is 0 Å². The third-order valence-electron chi connectivity index (χ3n) is 3.56. The fraction of sp³-hybridized carbons (Fsp3) is 0.250. The summed E-state index contributed by atoms with van der Waals surface area (Å²) in [6.07, 6.45) is 3.93. The van der Waals surface area contributed by atoms with E-state index < -0.39 is 8.07 Å². The monoisotopic (exact) mass is 324 g/mol. The lowest BCUT2D eigenvalue weighted by Crippen LogP contribution is -2.27. The van der Waals surface area contributed by atoms with Gasteiger partial charge in [0, 0.05) is 0 Å². The molecule has 0 spiro atoms. The lowest BCUT2D eigenvalue weighted by Gasteiger charge is -2.20. The maximum absolute atomic E-state index is 12.3. The summed E-state index contributed by atoms with van der Waals surface area (Å²) in [5.74, 6) is -0.265. The Hall–Kier alpha value is -2.13. The van der Waals surface area contributed by atoms with Crippen LogP contribution in [0.1, 0.15) is 22.3 Å². The van der Waals surface area contributed by atoms with Crippen molar-refractivity contribution < 1.29 is 9.53 Å². The van der Waals surface area contributed by atoms with Gasteiger partial charge in [-0.25, -0.2) is 4.79 Å². The van der Waals surface area contributed by atoms with Crippen molar-refractivity contribution in [2.45, 2.75) is 32.5 Å². The summed E-state index contributed by atoms with van der Waals surface area (Å²) in [5.41, 5.74) is 1.90. The second-order valence-electron chi connectivity index (χ2n) is 6.60. The molecular formula is C20H24O2Si. The molecule has 23 heavy (non-hydrogen) atoms. The van der Waals surface area contributed by atoms with E-state index in [-0.39, 0.29) is 5.97 Å². The van der Waals surface area contributed by atoms with Gasteiger partial charge in [-0.15, -0.1) is 0 Å². The summed E-state index contributed by atoms with van der Waals surface area (Å²) in [5, 5.41) is 0.863. The van der Waals surface area contributed by atoms with Crippen LogP contribution in [0.4, 0.5) is 0 Å². The first-order valence-corrected chi connectivity index (χ1v) is 11.5. The molecule has 0 fully saturated rings. The zero-order valence-electron chi connectivity index (χ0n) is 14.1. The van der Waals surface area contributed by atoms with Crippen LogP contribution in [-0.4, -0.2) is 14.0 Å². The molecule has 0 saturated carbocycles. The minimum atomic E-state index is -1.70. The largest absolute Gasteiger partial charge is 0.433 e. The van der Waals surface area contributed by atoms with Crippen molar-refractivity contribution >= 4 is 14.0 Å². The topological polar surface area (TPSA) is 26.3 Å². The second kappa shape index (κ2) is 7.93. The maximum atomic E-state index is 12.3. The maximum Gasteiger partial charge on any atom is 0.342 e. The SMILES string of the molecule is C[Si](C)(C)/C(=C/CCc1ccccc1)OC(=O)c1ccccc1. The van der Waals surface area contributed by atoms with Crippen molar-refractivity contribution in [3.05, 3.63) is 83.2 Å². The predicted molar refractivity (Wildman–Crippen MR) is 98.0 cm³/mol. The summed E-state index contributed by atoms with van der Waals surface area (Å²) in [7, 11) is -1.70. The van der Waals surface area contributed by atoms with E-state index in [2.05, 4.69) is 37.8 Å². The highest BCUT2D eigenvalue weighted by atomic mass is 28.3. The number of rotatable bonds is 6. The van der Waals surface area contributed by atoms with Crippen molar-refractivity contribution in [3.8, 4) is 0 Å². The molecule has 0 unspecified atom stereocenters. The molecule has 0 heterocycles. The van der Waals surface area contributed by atoms with Crippen LogP contribution < -0.4 is 0 Å². The fourth-order valence-corrected chi connectivity index (χ4v) is 3.40. The molecule has 0 aromatic heterocycles. The zero-order valence-corrected chi connectivity index (χ0v) is 15.1. The van der Waals surface area contributed by atoms with Gasteiger partial charge < -0.3 is 4.74 Å². The van der Waals surface area contributed by atoms with Gasteiger partial charge >= 0.3 is 5.97 Å². The van der Waals surface area contributed by atoms with E-state index in [1.807, 2.05) is 36.4 Å². The number of aryl methyl sites for hydroxylation is 1. The van der Waals surface area contributed by atoms with E-state index in [0.717, 1.165) is 18.2 Å². The Morgan fingerprint density at radius 2 is 1.52 bits per heavy atom. The molecule has 0 bridgehead atoms. The Kier molecular flexibility index (Phi) is 5.94.